The van der Waals surface area contributed by atoms with Gasteiger partial charge in [-0.25, -0.2) is 8.42 Å². The number of ether oxygens (including phenoxy) is 2. The first-order valence-corrected chi connectivity index (χ1v) is 12.3. The van der Waals surface area contributed by atoms with E-state index in [4.69, 9.17) is 9.47 Å². The molecule has 2 aromatic rings. The highest BCUT2D eigenvalue weighted by atomic mass is 32.2. The molecule has 0 saturated heterocycles. The lowest BCUT2D eigenvalue weighted by Gasteiger charge is -2.18. The minimum Gasteiger partial charge on any atom is -0.493 e. The van der Waals surface area contributed by atoms with Gasteiger partial charge in [0.15, 0.2) is 11.5 Å². The Morgan fingerprint density at radius 1 is 1.03 bits per heavy atom. The highest BCUT2D eigenvalue weighted by molar-refractivity contribution is 7.89. The Balaban J connectivity index is 2.01. The van der Waals surface area contributed by atoms with Crippen molar-refractivity contribution in [3.8, 4) is 11.5 Å². The van der Waals surface area contributed by atoms with Gasteiger partial charge in [0.05, 0.1) is 18.6 Å². The van der Waals surface area contributed by atoms with Gasteiger partial charge in [0, 0.05) is 25.2 Å². The SMILES string of the molecule is CCN(CC)S(=O)(=O)c1ccc(CNC(=O)c2ccc(OCCC(C)C)c(OC)c2)cc1. The lowest BCUT2D eigenvalue weighted by atomic mass is 10.1. The molecule has 0 aromatic heterocycles. The largest absolute Gasteiger partial charge is 0.493 e. The predicted molar refractivity (Wildman–Crippen MR) is 126 cm³/mol. The number of benzene rings is 2. The number of methoxy groups -OCH3 is 1. The second-order valence-electron chi connectivity index (χ2n) is 7.81. The normalized spacial score (nSPS) is 11.6. The van der Waals surface area contributed by atoms with E-state index in [9.17, 15) is 13.2 Å². The predicted octanol–water partition coefficient (Wildman–Crippen LogP) is 4.08. The molecule has 32 heavy (non-hydrogen) atoms. The van der Waals surface area contributed by atoms with Crippen molar-refractivity contribution in [2.75, 3.05) is 26.8 Å². The van der Waals surface area contributed by atoms with Gasteiger partial charge in [0.2, 0.25) is 10.0 Å². The van der Waals surface area contributed by atoms with Crippen molar-refractivity contribution in [2.45, 2.75) is 45.6 Å². The van der Waals surface area contributed by atoms with Gasteiger partial charge in [-0.1, -0.05) is 39.8 Å². The van der Waals surface area contributed by atoms with Crippen molar-refractivity contribution in [3.63, 3.8) is 0 Å². The van der Waals surface area contributed by atoms with Gasteiger partial charge in [-0.15, -0.1) is 0 Å². The van der Waals surface area contributed by atoms with Crippen LogP contribution in [0.2, 0.25) is 0 Å². The average Bonchev–Trinajstić information content (AvgIpc) is 2.78. The number of carbonyl (C=O) groups is 1. The van der Waals surface area contributed by atoms with E-state index in [-0.39, 0.29) is 17.3 Å². The Bertz CT molecular complexity index is 984. The zero-order valence-electron chi connectivity index (χ0n) is 19.6. The number of hydrogen-bond donors (Lipinski definition) is 1. The lowest BCUT2D eigenvalue weighted by Crippen LogP contribution is -2.30. The molecular formula is C24H34N2O5S. The number of amides is 1. The van der Waals surface area contributed by atoms with Gasteiger partial charge in [-0.3, -0.25) is 4.79 Å². The summed E-state index contributed by atoms with van der Waals surface area (Å²) in [4.78, 5) is 12.8. The summed E-state index contributed by atoms with van der Waals surface area (Å²) in [5.41, 5.74) is 1.26. The Kier molecular flexibility index (Phi) is 9.53. The molecule has 0 fully saturated rings. The molecule has 8 heteroatoms. The third-order valence-electron chi connectivity index (χ3n) is 5.10. The van der Waals surface area contributed by atoms with E-state index in [0.29, 0.717) is 42.7 Å². The van der Waals surface area contributed by atoms with Gasteiger partial charge in [-0.2, -0.15) is 4.31 Å². The molecular weight excluding hydrogens is 428 g/mol. The van der Waals surface area contributed by atoms with Gasteiger partial charge in [-0.05, 0) is 48.2 Å². The van der Waals surface area contributed by atoms with Crippen molar-refractivity contribution in [2.24, 2.45) is 5.92 Å². The van der Waals surface area contributed by atoms with Crippen LogP contribution in [-0.2, 0) is 16.6 Å². The summed E-state index contributed by atoms with van der Waals surface area (Å²) in [7, 11) is -1.95. The molecule has 0 spiro atoms. The Morgan fingerprint density at radius 3 is 2.25 bits per heavy atom. The average molecular weight is 463 g/mol. The summed E-state index contributed by atoms with van der Waals surface area (Å²) < 4.78 is 37.7. The van der Waals surface area contributed by atoms with E-state index in [0.717, 1.165) is 12.0 Å². The monoisotopic (exact) mass is 462 g/mol. The van der Waals surface area contributed by atoms with Crippen molar-refractivity contribution < 1.29 is 22.7 Å². The molecule has 0 unspecified atom stereocenters. The zero-order chi connectivity index (χ0) is 23.7. The van der Waals surface area contributed by atoms with E-state index in [1.165, 1.54) is 4.31 Å². The summed E-state index contributed by atoms with van der Waals surface area (Å²) in [6.07, 6.45) is 0.931. The third-order valence-corrected chi connectivity index (χ3v) is 7.16. The van der Waals surface area contributed by atoms with Gasteiger partial charge < -0.3 is 14.8 Å². The summed E-state index contributed by atoms with van der Waals surface area (Å²) in [6, 6.07) is 11.7. The van der Waals surface area contributed by atoms with Gasteiger partial charge >= 0.3 is 0 Å². The van der Waals surface area contributed by atoms with Crippen LogP contribution in [-0.4, -0.2) is 45.4 Å². The summed E-state index contributed by atoms with van der Waals surface area (Å²) in [6.45, 7) is 9.58. The Labute approximate surface area is 191 Å². The molecule has 1 amide bonds. The molecule has 0 bridgehead atoms. The zero-order valence-corrected chi connectivity index (χ0v) is 20.4. The number of sulfonamides is 1. The van der Waals surface area contributed by atoms with E-state index < -0.39 is 10.0 Å². The van der Waals surface area contributed by atoms with E-state index in [1.807, 2.05) is 13.8 Å². The van der Waals surface area contributed by atoms with Crippen LogP contribution < -0.4 is 14.8 Å². The smallest absolute Gasteiger partial charge is 0.251 e. The minimum absolute atomic E-state index is 0.245. The fraction of sp³-hybridized carbons (Fsp3) is 0.458. The molecule has 0 heterocycles. The number of nitrogens with one attached hydrogen (secondary N) is 1. The second kappa shape index (κ2) is 11.9. The van der Waals surface area contributed by atoms with Crippen LogP contribution in [0.1, 0.15) is 50.0 Å². The maximum Gasteiger partial charge on any atom is 0.251 e. The van der Waals surface area contributed by atoms with Crippen LogP contribution in [0.15, 0.2) is 47.4 Å². The van der Waals surface area contributed by atoms with Crippen LogP contribution >= 0.6 is 0 Å². The molecule has 7 nitrogen and oxygen atoms in total. The highest BCUT2D eigenvalue weighted by Crippen LogP contribution is 2.28. The molecule has 2 rings (SSSR count). The number of carbonyl (C=O) groups excluding carboxylic acids is 1. The van der Waals surface area contributed by atoms with E-state index in [1.54, 1.807) is 49.6 Å². The summed E-state index contributed by atoms with van der Waals surface area (Å²) in [5.74, 6) is 1.40. The third kappa shape index (κ3) is 6.71. The first-order valence-electron chi connectivity index (χ1n) is 10.9. The Morgan fingerprint density at radius 2 is 1.69 bits per heavy atom. The lowest BCUT2D eigenvalue weighted by molar-refractivity contribution is 0.0950. The van der Waals surface area contributed by atoms with Crippen LogP contribution in [0.25, 0.3) is 0 Å². The van der Waals surface area contributed by atoms with Crippen LogP contribution in [0.4, 0.5) is 0 Å². The first-order chi connectivity index (χ1) is 15.2. The first kappa shape index (κ1) is 25.7. The fourth-order valence-electron chi connectivity index (χ4n) is 3.11. The molecule has 1 N–H and O–H groups in total. The number of rotatable bonds is 12. The summed E-state index contributed by atoms with van der Waals surface area (Å²) >= 11 is 0. The maximum absolute atomic E-state index is 12.6. The molecule has 2 aromatic carbocycles. The topological polar surface area (TPSA) is 84.9 Å². The molecule has 176 valence electrons. The van der Waals surface area contributed by atoms with Crippen molar-refractivity contribution in [1.82, 2.24) is 9.62 Å². The minimum atomic E-state index is -3.50. The quantitative estimate of drug-likeness (QED) is 0.514. The van der Waals surface area contributed by atoms with Crippen molar-refractivity contribution in [1.29, 1.82) is 0 Å². The van der Waals surface area contributed by atoms with Crippen molar-refractivity contribution >= 4 is 15.9 Å². The van der Waals surface area contributed by atoms with E-state index >= 15 is 0 Å². The molecule has 0 aliphatic heterocycles. The van der Waals surface area contributed by atoms with Crippen molar-refractivity contribution in [3.05, 3.63) is 53.6 Å². The van der Waals surface area contributed by atoms with E-state index in [2.05, 4.69) is 19.2 Å². The van der Waals surface area contributed by atoms with Crippen LogP contribution in [0.3, 0.4) is 0 Å². The Hall–Kier alpha value is -2.58. The van der Waals surface area contributed by atoms with Gasteiger partial charge in [0.25, 0.3) is 5.91 Å². The molecule has 0 aliphatic rings. The maximum atomic E-state index is 12.6. The molecule has 0 atom stereocenters. The van der Waals surface area contributed by atoms with Gasteiger partial charge in [0.1, 0.15) is 0 Å². The van der Waals surface area contributed by atoms with Crippen LogP contribution in [0, 0.1) is 5.92 Å². The highest BCUT2D eigenvalue weighted by Gasteiger charge is 2.21. The standard InChI is InChI=1S/C24H34N2O5S/c1-6-26(7-2)32(28,29)21-11-8-19(9-12-21)17-25-24(27)20-10-13-22(23(16-20)30-5)31-15-14-18(3)4/h8-13,16,18H,6-7,14-15,17H2,1-5H3,(H,25,27). The fourth-order valence-corrected chi connectivity index (χ4v) is 4.57. The second-order valence-corrected chi connectivity index (χ2v) is 9.75. The number of nitrogens with zero attached hydrogens (tertiary/aromatic N) is 1. The summed E-state index contributed by atoms with van der Waals surface area (Å²) in [5, 5.41) is 2.85. The molecule has 0 radical (unpaired) electrons. The van der Waals surface area contributed by atoms with Crippen LogP contribution in [0.5, 0.6) is 11.5 Å². The number of hydrogen-bond acceptors (Lipinski definition) is 5. The molecule has 0 saturated carbocycles. The molecule has 0 aliphatic carbocycles.